The number of alkyl halides is 3. The molecule has 158 valence electrons. The molecule has 0 saturated carbocycles. The van der Waals surface area contributed by atoms with Crippen molar-refractivity contribution >= 4 is 11.6 Å². The average molecular weight is 418 g/mol. The lowest BCUT2D eigenvalue weighted by molar-refractivity contribution is -0.137. The summed E-state index contributed by atoms with van der Waals surface area (Å²) < 4.78 is 46.3. The lowest BCUT2D eigenvalue weighted by Crippen LogP contribution is -2.15. The van der Waals surface area contributed by atoms with E-state index in [1.807, 2.05) is 0 Å². The van der Waals surface area contributed by atoms with Crippen molar-refractivity contribution < 1.29 is 22.7 Å². The maximum absolute atomic E-state index is 13.1. The predicted octanol–water partition coefficient (Wildman–Crippen LogP) is 4.96. The van der Waals surface area contributed by atoms with Crippen LogP contribution in [0.4, 0.5) is 18.9 Å². The third kappa shape index (κ3) is 5.37. The zero-order chi connectivity index (χ0) is 21.7. The second-order valence-electron chi connectivity index (χ2n) is 7.08. The summed E-state index contributed by atoms with van der Waals surface area (Å²) in [7, 11) is 0. The number of amides is 1. The normalized spacial score (nSPS) is 11.5. The zero-order valence-corrected chi connectivity index (χ0v) is 16.5. The minimum Gasteiger partial charge on any atom is -0.494 e. The summed E-state index contributed by atoms with van der Waals surface area (Å²) >= 11 is 0. The van der Waals surface area contributed by atoms with Crippen LogP contribution >= 0.6 is 0 Å². The molecule has 0 bridgehead atoms. The van der Waals surface area contributed by atoms with Crippen LogP contribution in [0, 0.1) is 5.92 Å². The molecular formula is C21H21F3N4O2. The minimum absolute atomic E-state index is 0.0300. The van der Waals surface area contributed by atoms with Crippen molar-refractivity contribution in [2.24, 2.45) is 5.92 Å². The van der Waals surface area contributed by atoms with E-state index in [0.29, 0.717) is 18.3 Å². The summed E-state index contributed by atoms with van der Waals surface area (Å²) in [5, 5.41) is 6.46. The van der Waals surface area contributed by atoms with E-state index in [9.17, 15) is 18.0 Å². The molecule has 0 aliphatic rings. The highest BCUT2D eigenvalue weighted by molar-refractivity contribution is 6.05. The van der Waals surface area contributed by atoms with E-state index in [4.69, 9.17) is 4.74 Å². The maximum Gasteiger partial charge on any atom is 0.416 e. The summed E-state index contributed by atoms with van der Waals surface area (Å²) in [5.74, 6) is 0.584. The number of aromatic nitrogens is 3. The molecule has 3 rings (SSSR count). The Morgan fingerprint density at radius 2 is 1.90 bits per heavy atom. The number of hydrogen-bond acceptors (Lipinski definition) is 4. The van der Waals surface area contributed by atoms with Crippen LogP contribution in [-0.4, -0.2) is 27.3 Å². The van der Waals surface area contributed by atoms with Gasteiger partial charge in [-0.2, -0.15) is 18.3 Å². The van der Waals surface area contributed by atoms with Gasteiger partial charge in [0.15, 0.2) is 0 Å². The highest BCUT2D eigenvalue weighted by atomic mass is 19.4. The molecule has 1 N–H and O–H groups in total. The summed E-state index contributed by atoms with van der Waals surface area (Å²) in [6.45, 7) is 4.75. The van der Waals surface area contributed by atoms with Crippen LogP contribution in [0.5, 0.6) is 5.75 Å². The van der Waals surface area contributed by atoms with Crippen molar-refractivity contribution in [1.29, 1.82) is 0 Å². The molecule has 1 heterocycles. The number of hydrogen-bond donors (Lipinski definition) is 1. The van der Waals surface area contributed by atoms with Gasteiger partial charge in [-0.05, 0) is 54.8 Å². The molecule has 2 aromatic carbocycles. The number of carbonyl (C=O) groups is 1. The van der Waals surface area contributed by atoms with Gasteiger partial charge in [0.2, 0.25) is 0 Å². The Bertz CT molecular complexity index is 984. The molecule has 6 nitrogen and oxygen atoms in total. The van der Waals surface area contributed by atoms with Crippen LogP contribution in [0.25, 0.3) is 5.69 Å². The SMILES string of the molecule is CC(C)CCOc1ccc(C(=O)Nc2cc(C(F)(F)F)ccc2-n2cncn2)cc1. The van der Waals surface area contributed by atoms with Crippen molar-refractivity contribution in [1.82, 2.24) is 14.8 Å². The molecule has 1 amide bonds. The second kappa shape index (κ2) is 8.98. The van der Waals surface area contributed by atoms with Crippen LogP contribution in [0.1, 0.15) is 36.2 Å². The Balaban J connectivity index is 1.80. The van der Waals surface area contributed by atoms with Crippen molar-refractivity contribution in [3.05, 3.63) is 66.2 Å². The molecule has 30 heavy (non-hydrogen) atoms. The highest BCUT2D eigenvalue weighted by Gasteiger charge is 2.31. The Labute approximate surface area is 171 Å². The summed E-state index contributed by atoms with van der Waals surface area (Å²) in [6, 6.07) is 9.46. The zero-order valence-electron chi connectivity index (χ0n) is 16.5. The first kappa shape index (κ1) is 21.4. The van der Waals surface area contributed by atoms with Crippen LogP contribution in [0.3, 0.4) is 0 Å². The molecule has 0 spiro atoms. The molecule has 0 aliphatic carbocycles. The highest BCUT2D eigenvalue weighted by Crippen LogP contribution is 2.33. The monoisotopic (exact) mass is 418 g/mol. The van der Waals surface area contributed by atoms with Gasteiger partial charge in [0.25, 0.3) is 5.91 Å². The Hall–Kier alpha value is -3.36. The second-order valence-corrected chi connectivity index (χ2v) is 7.08. The van der Waals surface area contributed by atoms with Crippen LogP contribution in [0.15, 0.2) is 55.1 Å². The van der Waals surface area contributed by atoms with E-state index >= 15 is 0 Å². The molecule has 0 radical (unpaired) electrons. The number of carbonyl (C=O) groups excluding carboxylic acids is 1. The predicted molar refractivity (Wildman–Crippen MR) is 106 cm³/mol. The van der Waals surface area contributed by atoms with Gasteiger partial charge >= 0.3 is 6.18 Å². The van der Waals surface area contributed by atoms with Gasteiger partial charge in [0.1, 0.15) is 18.4 Å². The summed E-state index contributed by atoms with van der Waals surface area (Å²) in [5.41, 5.74) is -0.358. The van der Waals surface area contributed by atoms with Crippen LogP contribution in [0.2, 0.25) is 0 Å². The van der Waals surface area contributed by atoms with Gasteiger partial charge < -0.3 is 10.1 Å². The Morgan fingerprint density at radius 3 is 2.50 bits per heavy atom. The fourth-order valence-corrected chi connectivity index (χ4v) is 2.65. The molecular weight excluding hydrogens is 397 g/mol. The van der Waals surface area contributed by atoms with E-state index in [1.165, 1.54) is 23.4 Å². The fraction of sp³-hybridized carbons (Fsp3) is 0.286. The van der Waals surface area contributed by atoms with Gasteiger partial charge in [-0.1, -0.05) is 13.8 Å². The third-order valence-corrected chi connectivity index (χ3v) is 4.32. The van der Waals surface area contributed by atoms with E-state index in [0.717, 1.165) is 18.6 Å². The van der Waals surface area contributed by atoms with E-state index in [-0.39, 0.29) is 16.9 Å². The Kier molecular flexibility index (Phi) is 6.39. The number of halogens is 3. The van der Waals surface area contributed by atoms with Crippen molar-refractivity contribution in [2.75, 3.05) is 11.9 Å². The van der Waals surface area contributed by atoms with Crippen molar-refractivity contribution in [3.8, 4) is 11.4 Å². The van der Waals surface area contributed by atoms with Gasteiger partial charge in [-0.15, -0.1) is 0 Å². The van der Waals surface area contributed by atoms with Gasteiger partial charge in [0.05, 0.1) is 23.5 Å². The molecule has 9 heteroatoms. The van der Waals surface area contributed by atoms with Gasteiger partial charge in [0, 0.05) is 5.56 Å². The maximum atomic E-state index is 13.1. The number of anilines is 1. The lowest BCUT2D eigenvalue weighted by Gasteiger charge is -2.14. The number of ether oxygens (including phenoxy) is 1. The lowest BCUT2D eigenvalue weighted by atomic mass is 10.1. The van der Waals surface area contributed by atoms with Crippen molar-refractivity contribution in [3.63, 3.8) is 0 Å². The standard InChI is InChI=1S/C21H21F3N4O2/c1-14(2)9-10-30-17-6-3-15(4-7-17)20(29)27-18-11-16(21(22,23)24)5-8-19(18)28-13-25-12-26-28/h3-8,11-14H,9-10H2,1-2H3,(H,27,29). The molecule has 0 unspecified atom stereocenters. The number of nitrogens with zero attached hydrogens (tertiary/aromatic N) is 3. The number of benzene rings is 2. The number of rotatable bonds is 7. The molecule has 0 aliphatic heterocycles. The van der Waals surface area contributed by atoms with Gasteiger partial charge in [-0.25, -0.2) is 9.67 Å². The quantitative estimate of drug-likeness (QED) is 0.589. The van der Waals surface area contributed by atoms with E-state index < -0.39 is 17.6 Å². The molecule has 0 atom stereocenters. The molecule has 3 aromatic rings. The van der Waals surface area contributed by atoms with Crippen molar-refractivity contribution in [2.45, 2.75) is 26.4 Å². The molecule has 0 fully saturated rings. The summed E-state index contributed by atoms with van der Waals surface area (Å²) in [6.07, 6.45) is -1.05. The molecule has 0 saturated heterocycles. The number of nitrogens with one attached hydrogen (secondary N) is 1. The minimum atomic E-state index is -4.55. The molecule has 1 aromatic heterocycles. The fourth-order valence-electron chi connectivity index (χ4n) is 2.65. The smallest absolute Gasteiger partial charge is 0.416 e. The average Bonchev–Trinajstić information content (AvgIpc) is 3.22. The third-order valence-electron chi connectivity index (χ3n) is 4.32. The van der Waals surface area contributed by atoms with E-state index in [2.05, 4.69) is 29.2 Å². The first-order chi connectivity index (χ1) is 14.2. The Morgan fingerprint density at radius 1 is 1.17 bits per heavy atom. The topological polar surface area (TPSA) is 69.0 Å². The first-order valence-electron chi connectivity index (χ1n) is 9.34. The van der Waals surface area contributed by atoms with E-state index in [1.54, 1.807) is 24.3 Å². The van der Waals surface area contributed by atoms with Crippen LogP contribution in [-0.2, 0) is 6.18 Å². The first-order valence-corrected chi connectivity index (χ1v) is 9.34. The van der Waals surface area contributed by atoms with Gasteiger partial charge in [-0.3, -0.25) is 4.79 Å². The summed E-state index contributed by atoms with van der Waals surface area (Å²) in [4.78, 5) is 16.4. The van der Waals surface area contributed by atoms with Crippen LogP contribution < -0.4 is 10.1 Å². The largest absolute Gasteiger partial charge is 0.494 e.